The van der Waals surface area contributed by atoms with Crippen LogP contribution in [0.2, 0.25) is 0 Å². The molecule has 0 bridgehead atoms. The average Bonchev–Trinajstić information content (AvgIpc) is 2.93. The summed E-state index contributed by atoms with van der Waals surface area (Å²) in [6, 6.07) is 5.34. The Morgan fingerprint density at radius 1 is 1.08 bits per heavy atom. The van der Waals surface area contributed by atoms with Crippen molar-refractivity contribution in [1.29, 1.82) is 0 Å². The summed E-state index contributed by atoms with van der Waals surface area (Å²) in [6.07, 6.45) is 7.83. The van der Waals surface area contributed by atoms with E-state index in [-0.39, 0.29) is 48.5 Å². The summed E-state index contributed by atoms with van der Waals surface area (Å²) < 4.78 is 12.7. The highest BCUT2D eigenvalue weighted by molar-refractivity contribution is 5.98. The molecule has 0 saturated heterocycles. The Morgan fingerprint density at radius 2 is 1.77 bits per heavy atom. The van der Waals surface area contributed by atoms with Gasteiger partial charge in [0.15, 0.2) is 0 Å². The van der Waals surface area contributed by atoms with E-state index in [4.69, 9.17) is 9.47 Å². The Bertz CT molecular complexity index is 933. The molecule has 0 spiro atoms. The van der Waals surface area contributed by atoms with Crippen LogP contribution in [0, 0.1) is 11.8 Å². The summed E-state index contributed by atoms with van der Waals surface area (Å²) >= 11 is 0. The van der Waals surface area contributed by atoms with Gasteiger partial charge in [-0.15, -0.1) is 0 Å². The third kappa shape index (κ3) is 8.58. The quantitative estimate of drug-likeness (QED) is 0.563. The van der Waals surface area contributed by atoms with Gasteiger partial charge in [-0.05, 0) is 64.2 Å². The van der Waals surface area contributed by atoms with E-state index in [1.165, 1.54) is 6.42 Å². The zero-order chi connectivity index (χ0) is 28.5. The number of carbonyl (C=O) groups excluding carboxylic acids is 2. The van der Waals surface area contributed by atoms with Crippen molar-refractivity contribution in [2.45, 2.75) is 90.4 Å². The molecule has 8 nitrogen and oxygen atoms in total. The lowest BCUT2D eigenvalue weighted by atomic mass is 9.88. The summed E-state index contributed by atoms with van der Waals surface area (Å²) in [4.78, 5) is 32.9. The molecule has 4 atom stereocenters. The van der Waals surface area contributed by atoms with Crippen molar-refractivity contribution < 1.29 is 24.2 Å². The van der Waals surface area contributed by atoms with Crippen molar-refractivity contribution in [2.75, 3.05) is 52.3 Å². The maximum absolute atomic E-state index is 14.1. The van der Waals surface area contributed by atoms with Crippen LogP contribution in [0.15, 0.2) is 18.2 Å². The second-order valence-electron chi connectivity index (χ2n) is 11.9. The number of rotatable bonds is 6. The lowest BCUT2D eigenvalue weighted by Crippen LogP contribution is -2.48. The van der Waals surface area contributed by atoms with Gasteiger partial charge in [0, 0.05) is 58.4 Å². The molecule has 1 fully saturated rings. The number of aliphatic hydroxyl groups is 1. The lowest BCUT2D eigenvalue weighted by Gasteiger charge is -2.36. The normalized spacial score (nSPS) is 24.7. The number of benzene rings is 1. The molecule has 0 unspecified atom stereocenters. The molecule has 3 rings (SSSR count). The lowest BCUT2D eigenvalue weighted by molar-refractivity contribution is -0.137. The zero-order valence-corrected chi connectivity index (χ0v) is 25.0. The number of hydrogen-bond acceptors (Lipinski definition) is 6. The predicted octanol–water partition coefficient (Wildman–Crippen LogP) is 4.59. The van der Waals surface area contributed by atoms with Crippen molar-refractivity contribution in [3.8, 4) is 5.75 Å². The van der Waals surface area contributed by atoms with Gasteiger partial charge in [-0.3, -0.25) is 9.59 Å². The van der Waals surface area contributed by atoms with Crippen LogP contribution in [0.5, 0.6) is 5.75 Å². The molecular weight excluding hydrogens is 494 g/mol. The van der Waals surface area contributed by atoms with E-state index in [1.807, 2.05) is 63.0 Å². The van der Waals surface area contributed by atoms with Gasteiger partial charge in [0.05, 0.1) is 30.4 Å². The van der Waals surface area contributed by atoms with Crippen LogP contribution in [0.4, 0.5) is 5.69 Å². The molecule has 39 heavy (non-hydrogen) atoms. The smallest absolute Gasteiger partial charge is 0.258 e. The van der Waals surface area contributed by atoms with Crippen molar-refractivity contribution >= 4 is 17.5 Å². The number of ether oxygens (including phenoxy) is 2. The summed E-state index contributed by atoms with van der Waals surface area (Å²) in [6.45, 7) is 7.32. The third-order valence-electron chi connectivity index (χ3n) is 8.34. The van der Waals surface area contributed by atoms with Crippen LogP contribution in [-0.4, -0.2) is 92.4 Å². The van der Waals surface area contributed by atoms with Crippen LogP contribution in [0.1, 0.15) is 82.5 Å². The summed E-state index contributed by atoms with van der Waals surface area (Å²) in [5.41, 5.74) is 1.41. The van der Waals surface area contributed by atoms with Gasteiger partial charge in [0.2, 0.25) is 5.91 Å². The van der Waals surface area contributed by atoms with Gasteiger partial charge in [-0.2, -0.15) is 0 Å². The van der Waals surface area contributed by atoms with Crippen molar-refractivity contribution in [3.63, 3.8) is 0 Å². The van der Waals surface area contributed by atoms with Gasteiger partial charge in [-0.1, -0.05) is 26.2 Å². The Kier molecular flexibility index (Phi) is 11.9. The second-order valence-corrected chi connectivity index (χ2v) is 11.9. The molecule has 0 aromatic heterocycles. The SMILES string of the molecule is C[C@@H]1CCCCO[C@H](CN(C)C(=O)C2CCCCC2)[C@H](C)CN([C@@H](C)CO)C(=O)c2cc(N(C)C)ccc2O1. The monoisotopic (exact) mass is 545 g/mol. The minimum atomic E-state index is -0.386. The highest BCUT2D eigenvalue weighted by Crippen LogP contribution is 2.30. The average molecular weight is 546 g/mol. The van der Waals surface area contributed by atoms with E-state index < -0.39 is 0 Å². The van der Waals surface area contributed by atoms with Gasteiger partial charge in [0.25, 0.3) is 5.91 Å². The molecule has 0 radical (unpaired) electrons. The number of anilines is 1. The Morgan fingerprint density at radius 3 is 2.44 bits per heavy atom. The fourth-order valence-electron chi connectivity index (χ4n) is 5.67. The molecule has 1 aromatic carbocycles. The zero-order valence-electron chi connectivity index (χ0n) is 25.0. The van der Waals surface area contributed by atoms with Crippen LogP contribution in [0.3, 0.4) is 0 Å². The Labute approximate surface area is 235 Å². The standard InChI is InChI=1S/C31H51N3O5/c1-22-19-34(23(2)21-35)31(37)27-18-26(32(4)5)15-16-28(27)39-24(3)12-10-11-17-38-29(22)20-33(6)30(36)25-13-8-7-9-14-25/h15-16,18,22-25,29,35H,7-14,17,19-21H2,1-6H3/t22-,23+,24-,29-/m1/s1. The first-order valence-corrected chi connectivity index (χ1v) is 14.9. The largest absolute Gasteiger partial charge is 0.490 e. The number of hydrogen-bond donors (Lipinski definition) is 1. The van der Waals surface area contributed by atoms with E-state index >= 15 is 0 Å². The van der Waals surface area contributed by atoms with E-state index in [9.17, 15) is 14.7 Å². The number of carbonyl (C=O) groups is 2. The van der Waals surface area contributed by atoms with Crippen molar-refractivity contribution in [2.24, 2.45) is 11.8 Å². The summed E-state index contributed by atoms with van der Waals surface area (Å²) in [7, 11) is 5.78. The maximum atomic E-state index is 14.1. The first kappa shape index (κ1) is 31.2. The molecule has 1 saturated carbocycles. The molecule has 1 heterocycles. The second kappa shape index (κ2) is 14.9. The number of aliphatic hydroxyl groups excluding tert-OH is 1. The minimum Gasteiger partial charge on any atom is -0.490 e. The van der Waals surface area contributed by atoms with Crippen molar-refractivity contribution in [3.05, 3.63) is 23.8 Å². The van der Waals surface area contributed by atoms with E-state index in [0.717, 1.165) is 50.6 Å². The van der Waals surface area contributed by atoms with E-state index in [1.54, 1.807) is 4.90 Å². The Hall–Kier alpha value is -2.32. The molecular formula is C31H51N3O5. The third-order valence-corrected chi connectivity index (χ3v) is 8.34. The van der Waals surface area contributed by atoms with E-state index in [0.29, 0.717) is 31.0 Å². The van der Waals surface area contributed by atoms with Crippen LogP contribution >= 0.6 is 0 Å². The number of nitrogens with zero attached hydrogens (tertiary/aromatic N) is 3. The van der Waals surface area contributed by atoms with Crippen LogP contribution < -0.4 is 9.64 Å². The number of likely N-dealkylation sites (N-methyl/N-ethyl adjacent to an activating group) is 1. The van der Waals surface area contributed by atoms with Crippen molar-refractivity contribution in [1.82, 2.24) is 9.80 Å². The molecule has 1 aliphatic heterocycles. The molecule has 2 amide bonds. The Balaban J connectivity index is 1.89. The first-order valence-electron chi connectivity index (χ1n) is 14.9. The fourth-order valence-corrected chi connectivity index (χ4v) is 5.67. The van der Waals surface area contributed by atoms with Crippen LogP contribution in [0.25, 0.3) is 0 Å². The minimum absolute atomic E-state index is 0.0483. The molecule has 1 N–H and O–H groups in total. The van der Waals surface area contributed by atoms with Gasteiger partial charge in [-0.25, -0.2) is 0 Å². The summed E-state index contributed by atoms with van der Waals surface area (Å²) in [5, 5.41) is 10.1. The predicted molar refractivity (Wildman–Crippen MR) is 155 cm³/mol. The fraction of sp³-hybridized carbons (Fsp3) is 0.742. The molecule has 2 aliphatic rings. The highest BCUT2D eigenvalue weighted by atomic mass is 16.5. The number of fused-ring (bicyclic) bond motifs is 1. The van der Waals surface area contributed by atoms with Gasteiger partial charge >= 0.3 is 0 Å². The highest BCUT2D eigenvalue weighted by Gasteiger charge is 2.32. The molecule has 8 heteroatoms. The maximum Gasteiger partial charge on any atom is 0.258 e. The first-order chi connectivity index (χ1) is 18.6. The van der Waals surface area contributed by atoms with Gasteiger partial charge < -0.3 is 29.3 Å². The molecule has 1 aromatic rings. The van der Waals surface area contributed by atoms with Crippen LogP contribution in [-0.2, 0) is 9.53 Å². The van der Waals surface area contributed by atoms with E-state index in [2.05, 4.69) is 6.92 Å². The van der Waals surface area contributed by atoms with Gasteiger partial charge in [0.1, 0.15) is 5.75 Å². The topological polar surface area (TPSA) is 82.6 Å². The molecule has 1 aliphatic carbocycles. The molecule has 220 valence electrons. The summed E-state index contributed by atoms with van der Waals surface area (Å²) in [5.74, 6) is 0.666. The number of amides is 2.